The number of benzene rings is 7. The molecule has 2 heterocycles. The van der Waals surface area contributed by atoms with Crippen LogP contribution in [0, 0.1) is 0 Å². The molecule has 0 N–H and O–H groups in total. The lowest BCUT2D eigenvalue weighted by molar-refractivity contribution is 0.669. The molecule has 0 aliphatic rings. The molecule has 49 heavy (non-hydrogen) atoms. The average molecular weight is 628 g/mol. The number of hydrogen-bond acceptors (Lipinski definition) is 4. The summed E-state index contributed by atoms with van der Waals surface area (Å²) in [4.78, 5) is 15.4. The van der Waals surface area contributed by atoms with E-state index in [1.807, 2.05) is 30.3 Å². The highest BCUT2D eigenvalue weighted by Crippen LogP contribution is 2.38. The first kappa shape index (κ1) is 28.6. The highest BCUT2D eigenvalue weighted by molar-refractivity contribution is 6.10. The van der Waals surface area contributed by atoms with Gasteiger partial charge in [0.05, 0.1) is 5.56 Å². The van der Waals surface area contributed by atoms with E-state index in [9.17, 15) is 0 Å². The molecule has 0 radical (unpaired) electrons. The van der Waals surface area contributed by atoms with Gasteiger partial charge in [-0.15, -0.1) is 0 Å². The fourth-order valence-corrected chi connectivity index (χ4v) is 6.55. The van der Waals surface area contributed by atoms with Gasteiger partial charge in [-0.1, -0.05) is 152 Å². The van der Waals surface area contributed by atoms with E-state index < -0.39 is 0 Å². The number of furan rings is 1. The molecule has 230 valence electrons. The fourth-order valence-electron chi connectivity index (χ4n) is 6.55. The predicted octanol–water partition coefficient (Wildman–Crippen LogP) is 11.8. The van der Waals surface area contributed by atoms with Gasteiger partial charge in [-0.05, 0) is 57.6 Å². The van der Waals surface area contributed by atoms with Crippen molar-refractivity contribution >= 4 is 21.9 Å². The molecule has 0 spiro atoms. The Bertz CT molecular complexity index is 2590. The molecule has 9 aromatic rings. The quantitative estimate of drug-likeness (QED) is 0.184. The molecule has 0 atom stereocenters. The van der Waals surface area contributed by atoms with Gasteiger partial charge in [0.2, 0.25) is 0 Å². The Morgan fingerprint density at radius 3 is 1.53 bits per heavy atom. The molecule has 0 bridgehead atoms. The molecule has 0 amide bonds. The zero-order chi connectivity index (χ0) is 32.6. The number of para-hydroxylation sites is 1. The second-order valence-electron chi connectivity index (χ2n) is 12.0. The summed E-state index contributed by atoms with van der Waals surface area (Å²) in [6.07, 6.45) is 0. The number of nitrogens with zero attached hydrogens (tertiary/aromatic N) is 3. The maximum atomic E-state index is 6.59. The second-order valence-corrected chi connectivity index (χ2v) is 12.0. The van der Waals surface area contributed by atoms with Gasteiger partial charge in [0.15, 0.2) is 17.5 Å². The minimum absolute atomic E-state index is 0.556. The van der Waals surface area contributed by atoms with E-state index in [1.165, 1.54) is 0 Å². The van der Waals surface area contributed by atoms with Crippen LogP contribution in [0.5, 0.6) is 0 Å². The van der Waals surface area contributed by atoms with E-state index in [2.05, 4.69) is 146 Å². The maximum Gasteiger partial charge on any atom is 0.167 e. The van der Waals surface area contributed by atoms with Crippen LogP contribution in [0.15, 0.2) is 180 Å². The topological polar surface area (TPSA) is 51.8 Å². The Morgan fingerprint density at radius 1 is 0.306 bits per heavy atom. The zero-order valence-corrected chi connectivity index (χ0v) is 26.5. The van der Waals surface area contributed by atoms with Crippen LogP contribution >= 0.6 is 0 Å². The predicted molar refractivity (Wildman–Crippen MR) is 200 cm³/mol. The number of fused-ring (bicyclic) bond motifs is 3. The van der Waals surface area contributed by atoms with Crippen molar-refractivity contribution in [1.82, 2.24) is 15.0 Å². The van der Waals surface area contributed by atoms with Crippen LogP contribution < -0.4 is 0 Å². The summed E-state index contributed by atoms with van der Waals surface area (Å²) in [5.74, 6) is 1.75. The number of hydrogen-bond donors (Lipinski definition) is 0. The van der Waals surface area contributed by atoms with Crippen LogP contribution in [-0.4, -0.2) is 15.0 Å². The molecule has 0 saturated heterocycles. The Kier molecular flexibility index (Phi) is 7.10. The molecule has 0 aliphatic carbocycles. The third kappa shape index (κ3) is 5.35. The van der Waals surface area contributed by atoms with Crippen molar-refractivity contribution in [3.8, 4) is 67.5 Å². The number of aromatic nitrogens is 3. The first-order chi connectivity index (χ1) is 24.3. The lowest BCUT2D eigenvalue weighted by Crippen LogP contribution is -2.01. The van der Waals surface area contributed by atoms with Crippen LogP contribution in [0.25, 0.3) is 89.5 Å². The molecule has 7 aromatic carbocycles. The van der Waals surface area contributed by atoms with Gasteiger partial charge in [-0.2, -0.15) is 0 Å². The van der Waals surface area contributed by atoms with E-state index in [0.717, 1.165) is 72.0 Å². The van der Waals surface area contributed by atoms with Crippen LogP contribution in [0.4, 0.5) is 0 Å². The van der Waals surface area contributed by atoms with Gasteiger partial charge in [0.25, 0.3) is 0 Å². The van der Waals surface area contributed by atoms with Gasteiger partial charge >= 0.3 is 0 Å². The molecule has 4 nitrogen and oxygen atoms in total. The standard InChI is InChI=1S/C45H29N3O/c1-4-14-30(15-5-1)33-20-12-21-35(28-33)43-46-44(38-23-11-10-22-36(38)32-18-8-3-9-19-32)48-45(47-43)39-25-13-24-37-40-29-34(31-16-6-2-7-17-31)26-27-41(40)49-42(37)39/h1-29H. The summed E-state index contributed by atoms with van der Waals surface area (Å²) in [5, 5.41) is 2.07. The number of rotatable bonds is 6. The second kappa shape index (κ2) is 12.2. The molecule has 0 unspecified atom stereocenters. The Balaban J connectivity index is 1.26. The van der Waals surface area contributed by atoms with Crippen molar-refractivity contribution < 1.29 is 4.42 Å². The van der Waals surface area contributed by atoms with Gasteiger partial charge in [-0.3, -0.25) is 0 Å². The first-order valence-corrected chi connectivity index (χ1v) is 16.4. The molecule has 9 rings (SSSR count). The summed E-state index contributed by atoms with van der Waals surface area (Å²) in [5.41, 5.74) is 10.9. The molecule has 0 saturated carbocycles. The molecule has 2 aromatic heterocycles. The monoisotopic (exact) mass is 627 g/mol. The SMILES string of the molecule is c1ccc(-c2cccc(-c3nc(-c4ccccc4-c4ccccc4)nc(-c4cccc5c4oc4ccc(-c6ccccc6)cc45)n3)c2)cc1. The van der Waals surface area contributed by atoms with Crippen LogP contribution in [0.2, 0.25) is 0 Å². The highest BCUT2D eigenvalue weighted by atomic mass is 16.3. The molecule has 0 aliphatic heterocycles. The minimum Gasteiger partial charge on any atom is -0.455 e. The Hall–Kier alpha value is -6.65. The van der Waals surface area contributed by atoms with Gasteiger partial charge in [0, 0.05) is 21.9 Å². The van der Waals surface area contributed by atoms with E-state index in [4.69, 9.17) is 19.4 Å². The third-order valence-corrected chi connectivity index (χ3v) is 8.96. The maximum absolute atomic E-state index is 6.59. The van der Waals surface area contributed by atoms with Crippen molar-refractivity contribution in [3.63, 3.8) is 0 Å². The minimum atomic E-state index is 0.556. The van der Waals surface area contributed by atoms with E-state index in [1.54, 1.807) is 0 Å². The summed E-state index contributed by atoms with van der Waals surface area (Å²) in [6, 6.07) is 60.4. The van der Waals surface area contributed by atoms with Crippen molar-refractivity contribution in [2.75, 3.05) is 0 Å². The first-order valence-electron chi connectivity index (χ1n) is 16.4. The van der Waals surface area contributed by atoms with Crippen molar-refractivity contribution in [2.45, 2.75) is 0 Å². The van der Waals surface area contributed by atoms with Gasteiger partial charge < -0.3 is 4.42 Å². The largest absolute Gasteiger partial charge is 0.455 e. The average Bonchev–Trinajstić information content (AvgIpc) is 3.57. The van der Waals surface area contributed by atoms with Crippen molar-refractivity contribution in [2.24, 2.45) is 0 Å². The van der Waals surface area contributed by atoms with Crippen LogP contribution in [0.3, 0.4) is 0 Å². The van der Waals surface area contributed by atoms with Crippen molar-refractivity contribution in [3.05, 3.63) is 176 Å². The fraction of sp³-hybridized carbons (Fsp3) is 0. The third-order valence-electron chi connectivity index (χ3n) is 8.96. The smallest absolute Gasteiger partial charge is 0.167 e. The lowest BCUT2D eigenvalue weighted by Gasteiger charge is -2.12. The molecule has 0 fully saturated rings. The highest BCUT2D eigenvalue weighted by Gasteiger charge is 2.19. The summed E-state index contributed by atoms with van der Waals surface area (Å²) < 4.78 is 6.59. The Labute approximate surface area is 284 Å². The van der Waals surface area contributed by atoms with Crippen LogP contribution in [-0.2, 0) is 0 Å². The molecule has 4 heteroatoms. The Morgan fingerprint density at radius 2 is 0.816 bits per heavy atom. The van der Waals surface area contributed by atoms with Gasteiger partial charge in [0.1, 0.15) is 11.2 Å². The summed E-state index contributed by atoms with van der Waals surface area (Å²) in [7, 11) is 0. The summed E-state index contributed by atoms with van der Waals surface area (Å²) >= 11 is 0. The zero-order valence-electron chi connectivity index (χ0n) is 26.5. The van der Waals surface area contributed by atoms with E-state index in [0.29, 0.717) is 17.5 Å². The normalized spacial score (nSPS) is 11.3. The van der Waals surface area contributed by atoms with E-state index in [-0.39, 0.29) is 0 Å². The van der Waals surface area contributed by atoms with Crippen molar-refractivity contribution in [1.29, 1.82) is 0 Å². The molecular formula is C45H29N3O. The van der Waals surface area contributed by atoms with E-state index >= 15 is 0 Å². The summed E-state index contributed by atoms with van der Waals surface area (Å²) in [6.45, 7) is 0. The molecular weight excluding hydrogens is 599 g/mol. The lowest BCUT2D eigenvalue weighted by atomic mass is 9.99. The van der Waals surface area contributed by atoms with Gasteiger partial charge in [-0.25, -0.2) is 15.0 Å². The van der Waals surface area contributed by atoms with Crippen LogP contribution in [0.1, 0.15) is 0 Å².